The number of aromatic amines is 2. The van der Waals surface area contributed by atoms with Gasteiger partial charge in [0.2, 0.25) is 0 Å². The van der Waals surface area contributed by atoms with E-state index in [-0.39, 0.29) is 12.1 Å². The summed E-state index contributed by atoms with van der Waals surface area (Å²) in [7, 11) is 0. The summed E-state index contributed by atoms with van der Waals surface area (Å²) in [4.78, 5) is 15.8. The van der Waals surface area contributed by atoms with Crippen LogP contribution in [0.2, 0.25) is 0 Å². The fourth-order valence-corrected chi connectivity index (χ4v) is 4.25. The molecule has 0 saturated carbocycles. The Morgan fingerprint density at radius 2 is 1.48 bits per heavy atom. The summed E-state index contributed by atoms with van der Waals surface area (Å²) in [5.41, 5.74) is 6.57. The maximum absolute atomic E-state index is 9.73. The molecule has 0 amide bonds. The zero-order valence-electron chi connectivity index (χ0n) is 18.8. The maximum Gasteiger partial charge on any atom is 0.123 e. The van der Waals surface area contributed by atoms with Gasteiger partial charge >= 0.3 is 0 Å². The second kappa shape index (κ2) is 9.70. The molecular formula is C26H30N6O. The molecule has 1 aliphatic rings. The highest BCUT2D eigenvalue weighted by molar-refractivity contribution is 5.71. The van der Waals surface area contributed by atoms with E-state index in [9.17, 15) is 5.11 Å². The average Bonchev–Trinajstić information content (AvgIpc) is 3.61. The largest absolute Gasteiger partial charge is 0.392 e. The predicted molar refractivity (Wildman–Crippen MR) is 130 cm³/mol. The molecule has 1 fully saturated rings. The molecule has 33 heavy (non-hydrogen) atoms. The van der Waals surface area contributed by atoms with Crippen LogP contribution in [-0.2, 0) is 6.54 Å². The fraction of sp³-hybridized carbons (Fsp3) is 0.308. The summed E-state index contributed by atoms with van der Waals surface area (Å²) in [6, 6.07) is 17.1. The summed E-state index contributed by atoms with van der Waals surface area (Å²) in [5.74, 6) is 1.84. The molecule has 0 radical (unpaired) electrons. The fourth-order valence-electron chi connectivity index (χ4n) is 4.25. The van der Waals surface area contributed by atoms with Crippen LogP contribution in [0, 0.1) is 0 Å². The number of aliphatic hydroxyl groups excluding tert-OH is 1. The zero-order valence-corrected chi connectivity index (χ0v) is 18.8. The minimum atomic E-state index is -0.299. The monoisotopic (exact) mass is 442 g/mol. The Morgan fingerprint density at radius 1 is 0.879 bits per heavy atom. The molecule has 0 spiro atoms. The molecule has 0 bridgehead atoms. The van der Waals surface area contributed by atoms with Gasteiger partial charge in [0.15, 0.2) is 0 Å². The van der Waals surface area contributed by atoms with E-state index in [1.807, 2.05) is 12.4 Å². The molecule has 7 nitrogen and oxygen atoms in total. The van der Waals surface area contributed by atoms with E-state index in [0.29, 0.717) is 13.0 Å². The molecule has 0 aliphatic carbocycles. The number of aromatic nitrogens is 4. The van der Waals surface area contributed by atoms with Crippen molar-refractivity contribution in [1.29, 1.82) is 0 Å². The van der Waals surface area contributed by atoms with E-state index in [4.69, 9.17) is 0 Å². The van der Waals surface area contributed by atoms with Crippen molar-refractivity contribution >= 4 is 0 Å². The second-order valence-electron chi connectivity index (χ2n) is 8.61. The molecule has 2 aromatic carbocycles. The van der Waals surface area contributed by atoms with Crippen molar-refractivity contribution in [1.82, 2.24) is 30.6 Å². The highest BCUT2D eigenvalue weighted by atomic mass is 16.3. The van der Waals surface area contributed by atoms with E-state index in [0.717, 1.165) is 53.7 Å². The van der Waals surface area contributed by atoms with Gasteiger partial charge in [-0.25, -0.2) is 9.97 Å². The Balaban J connectivity index is 1.26. The van der Waals surface area contributed by atoms with Crippen molar-refractivity contribution in [2.75, 3.05) is 13.1 Å². The molecule has 5 rings (SSSR count). The Labute approximate surface area is 193 Å². The first-order valence-electron chi connectivity index (χ1n) is 11.6. The number of hydrogen-bond acceptors (Lipinski definition) is 5. The highest BCUT2D eigenvalue weighted by Crippen LogP contribution is 2.28. The van der Waals surface area contributed by atoms with E-state index in [2.05, 4.69) is 86.0 Å². The summed E-state index contributed by atoms with van der Waals surface area (Å²) in [6.07, 6.45) is 5.27. The van der Waals surface area contributed by atoms with Crippen LogP contribution in [0.3, 0.4) is 0 Å². The summed E-state index contributed by atoms with van der Waals surface area (Å²) >= 11 is 0. The smallest absolute Gasteiger partial charge is 0.123 e. The third kappa shape index (κ3) is 4.90. The number of H-pyrrole nitrogens is 2. The normalized spacial score (nSPS) is 18.1. The molecule has 1 aliphatic heterocycles. The van der Waals surface area contributed by atoms with Gasteiger partial charge in [0.05, 0.1) is 42.5 Å². The van der Waals surface area contributed by atoms with Crippen molar-refractivity contribution in [3.8, 4) is 33.6 Å². The van der Waals surface area contributed by atoms with Gasteiger partial charge in [-0.05, 0) is 41.6 Å². The van der Waals surface area contributed by atoms with Gasteiger partial charge < -0.3 is 25.7 Å². The first-order valence-corrected chi connectivity index (χ1v) is 11.6. The summed E-state index contributed by atoms with van der Waals surface area (Å²) in [5, 5.41) is 16.4. The summed E-state index contributed by atoms with van der Waals surface area (Å²) in [6.45, 7) is 4.53. The molecule has 170 valence electrons. The molecule has 2 atom stereocenters. The Kier molecular flexibility index (Phi) is 6.35. The van der Waals surface area contributed by atoms with Crippen molar-refractivity contribution in [3.05, 3.63) is 72.6 Å². The molecule has 3 heterocycles. The van der Waals surface area contributed by atoms with Crippen LogP contribution in [0.4, 0.5) is 0 Å². The number of benzene rings is 2. The van der Waals surface area contributed by atoms with Crippen molar-refractivity contribution in [3.63, 3.8) is 0 Å². The van der Waals surface area contributed by atoms with Crippen molar-refractivity contribution < 1.29 is 5.11 Å². The van der Waals surface area contributed by atoms with Gasteiger partial charge in [0.25, 0.3) is 0 Å². The number of rotatable bonds is 8. The minimum absolute atomic E-state index is 0.0880. The average molecular weight is 443 g/mol. The Hall–Kier alpha value is -3.26. The number of aliphatic hydroxyl groups is 1. The quantitative estimate of drug-likeness (QED) is 0.265. The lowest BCUT2D eigenvalue weighted by atomic mass is 10.0. The van der Waals surface area contributed by atoms with Crippen LogP contribution >= 0.6 is 0 Å². The predicted octanol–water partition coefficient (Wildman–Crippen LogP) is 4.03. The van der Waals surface area contributed by atoms with Crippen molar-refractivity contribution in [2.24, 2.45) is 0 Å². The van der Waals surface area contributed by atoms with Crippen molar-refractivity contribution in [2.45, 2.75) is 38.5 Å². The van der Waals surface area contributed by atoms with Crippen LogP contribution < -0.4 is 10.6 Å². The van der Waals surface area contributed by atoms with Gasteiger partial charge in [0, 0.05) is 6.54 Å². The number of nitrogens with zero attached hydrogens (tertiary/aromatic N) is 2. The standard InChI is InChI=1S/C26H30N6O/c1-2-11-27-16-25-29-14-23(31-25)19-7-3-17(4-8-19)18-5-9-20(10-6-18)24-15-30-26(32-24)22-12-21(33)13-28-22/h3-10,14-15,21-22,27-28,33H,2,11-13,16H2,1H3,(H,29,31)(H,30,32). The molecule has 5 N–H and O–H groups in total. The summed E-state index contributed by atoms with van der Waals surface area (Å²) < 4.78 is 0. The molecule has 7 heteroatoms. The molecule has 1 saturated heterocycles. The lowest BCUT2D eigenvalue weighted by molar-refractivity contribution is 0.193. The van der Waals surface area contributed by atoms with E-state index in [1.54, 1.807) is 0 Å². The molecule has 2 unspecified atom stereocenters. The van der Waals surface area contributed by atoms with Gasteiger partial charge in [-0.15, -0.1) is 0 Å². The lowest BCUT2D eigenvalue weighted by Crippen LogP contribution is -2.15. The van der Waals surface area contributed by atoms with Crippen LogP contribution in [0.1, 0.15) is 37.5 Å². The van der Waals surface area contributed by atoms with E-state index < -0.39 is 0 Å². The van der Waals surface area contributed by atoms with E-state index in [1.165, 1.54) is 11.1 Å². The zero-order chi connectivity index (χ0) is 22.6. The van der Waals surface area contributed by atoms with Crippen LogP contribution in [0.15, 0.2) is 60.9 Å². The van der Waals surface area contributed by atoms with E-state index >= 15 is 0 Å². The minimum Gasteiger partial charge on any atom is -0.392 e. The SMILES string of the molecule is CCCNCc1ncc(-c2ccc(-c3ccc(-c4cnc(C5CC(O)CN5)[nH]4)cc3)cc2)[nH]1. The number of imidazole rings is 2. The van der Waals surface area contributed by atoms with Crippen LogP contribution in [0.5, 0.6) is 0 Å². The first-order chi connectivity index (χ1) is 16.2. The van der Waals surface area contributed by atoms with Gasteiger partial charge in [0.1, 0.15) is 11.6 Å². The first kappa shape index (κ1) is 21.6. The molecule has 4 aromatic rings. The topological polar surface area (TPSA) is 102 Å². The van der Waals surface area contributed by atoms with Crippen LogP contribution in [0.25, 0.3) is 33.6 Å². The highest BCUT2D eigenvalue weighted by Gasteiger charge is 2.25. The maximum atomic E-state index is 9.73. The third-order valence-electron chi connectivity index (χ3n) is 6.11. The molecular weight excluding hydrogens is 412 g/mol. The van der Waals surface area contributed by atoms with Gasteiger partial charge in [-0.2, -0.15) is 0 Å². The van der Waals surface area contributed by atoms with Gasteiger partial charge in [-0.1, -0.05) is 55.5 Å². The van der Waals surface area contributed by atoms with Crippen LogP contribution in [-0.4, -0.2) is 44.2 Å². The number of hydrogen-bond donors (Lipinski definition) is 5. The third-order valence-corrected chi connectivity index (χ3v) is 6.11. The molecule has 2 aromatic heterocycles. The van der Waals surface area contributed by atoms with Gasteiger partial charge in [-0.3, -0.25) is 0 Å². The lowest BCUT2D eigenvalue weighted by Gasteiger charge is -2.06. The second-order valence-corrected chi connectivity index (χ2v) is 8.61. The number of β-amino-alcohol motifs (C(OH)–C–C–N with tert-alkyl or cyclic N) is 1. The Morgan fingerprint density at radius 3 is 2.09 bits per heavy atom. The number of nitrogens with one attached hydrogen (secondary N) is 4. The Bertz CT molecular complexity index is 1180.